The lowest BCUT2D eigenvalue weighted by atomic mass is 10.2. The lowest BCUT2D eigenvalue weighted by molar-refractivity contribution is -0.384. The predicted molar refractivity (Wildman–Crippen MR) is 86.5 cm³/mol. The third-order valence-corrected chi connectivity index (χ3v) is 3.42. The van der Waals surface area contributed by atoms with E-state index in [4.69, 9.17) is 5.73 Å². The normalized spacial score (nSPS) is 12.1. The first-order valence-corrected chi connectivity index (χ1v) is 7.47. The van der Waals surface area contributed by atoms with Crippen molar-refractivity contribution in [2.75, 3.05) is 0 Å². The Labute approximate surface area is 150 Å². The van der Waals surface area contributed by atoms with Crippen LogP contribution in [0.15, 0.2) is 35.5 Å². The minimum Gasteiger partial charge on any atom is -0.380 e. The number of nitro benzene ring substituents is 1. The van der Waals surface area contributed by atoms with Gasteiger partial charge in [0.15, 0.2) is 11.5 Å². The summed E-state index contributed by atoms with van der Waals surface area (Å²) in [5, 5.41) is 17.4. The number of aromatic nitrogens is 2. The Bertz CT molecular complexity index is 875. The average Bonchev–Trinajstić information content (AvgIpc) is 2.99. The van der Waals surface area contributed by atoms with Crippen molar-refractivity contribution in [1.82, 2.24) is 9.78 Å². The number of oxime groups is 1. The SMILES string of the molecule is Cc1cc(C(F)(F)F)nn1CCC(=O)O/N=C(\N)c1ccc([N+](=O)[O-])cc1. The number of nitro groups is 1. The Kier molecular flexibility index (Phi) is 5.78. The molecular weight excluding hydrogens is 371 g/mol. The number of hydrogen-bond acceptors (Lipinski definition) is 6. The number of benzene rings is 1. The van der Waals surface area contributed by atoms with Crippen molar-refractivity contribution >= 4 is 17.5 Å². The molecule has 0 radical (unpaired) electrons. The summed E-state index contributed by atoms with van der Waals surface area (Å²) in [5.41, 5.74) is 4.96. The smallest absolute Gasteiger partial charge is 0.380 e. The predicted octanol–water partition coefficient (Wildman–Crippen LogP) is 2.37. The standard InChI is InChI=1S/C15H14F3N5O4/c1-9-8-12(15(16,17)18)20-22(9)7-6-13(24)27-21-14(19)10-2-4-11(5-3-10)23(25)26/h2-5,8H,6-7H2,1H3,(H2,19,21). The van der Waals surface area contributed by atoms with Crippen LogP contribution in [0.4, 0.5) is 18.9 Å². The molecule has 0 amide bonds. The number of non-ortho nitro benzene ring substituents is 1. The molecule has 0 saturated heterocycles. The van der Waals surface area contributed by atoms with E-state index in [9.17, 15) is 28.1 Å². The Hall–Kier alpha value is -3.44. The van der Waals surface area contributed by atoms with Gasteiger partial charge in [0.2, 0.25) is 0 Å². The summed E-state index contributed by atoms with van der Waals surface area (Å²) in [4.78, 5) is 26.3. The molecule has 9 nitrogen and oxygen atoms in total. The highest BCUT2D eigenvalue weighted by atomic mass is 19.4. The number of nitrogens with two attached hydrogens (primary N) is 1. The van der Waals surface area contributed by atoms with Gasteiger partial charge in [-0.15, -0.1) is 0 Å². The Morgan fingerprint density at radius 1 is 1.37 bits per heavy atom. The Morgan fingerprint density at radius 2 is 2.00 bits per heavy atom. The van der Waals surface area contributed by atoms with Crippen LogP contribution in [-0.2, 0) is 22.4 Å². The molecule has 0 aliphatic carbocycles. The molecule has 27 heavy (non-hydrogen) atoms. The van der Waals surface area contributed by atoms with E-state index in [-0.39, 0.29) is 30.2 Å². The summed E-state index contributed by atoms with van der Waals surface area (Å²) < 4.78 is 38.8. The molecule has 0 spiro atoms. The highest BCUT2D eigenvalue weighted by Crippen LogP contribution is 2.28. The minimum absolute atomic E-state index is 0.131. The largest absolute Gasteiger partial charge is 0.435 e. The first kappa shape index (κ1) is 19.9. The molecule has 0 aliphatic rings. The summed E-state index contributed by atoms with van der Waals surface area (Å²) >= 11 is 0. The molecule has 2 N–H and O–H groups in total. The van der Waals surface area contributed by atoms with Crippen LogP contribution in [0.5, 0.6) is 0 Å². The topological polar surface area (TPSA) is 126 Å². The fourth-order valence-corrected chi connectivity index (χ4v) is 2.02. The number of halogens is 3. The molecule has 2 rings (SSSR count). The second-order valence-electron chi connectivity index (χ2n) is 5.39. The van der Waals surface area contributed by atoms with Gasteiger partial charge in [0, 0.05) is 23.4 Å². The maximum atomic E-state index is 12.6. The van der Waals surface area contributed by atoms with Gasteiger partial charge in [-0.05, 0) is 25.1 Å². The van der Waals surface area contributed by atoms with Gasteiger partial charge in [0.25, 0.3) is 5.69 Å². The fourth-order valence-electron chi connectivity index (χ4n) is 2.02. The number of rotatable bonds is 6. The third-order valence-electron chi connectivity index (χ3n) is 3.42. The van der Waals surface area contributed by atoms with Gasteiger partial charge >= 0.3 is 12.1 Å². The molecule has 0 fully saturated rings. The quantitative estimate of drug-likeness (QED) is 0.267. The van der Waals surface area contributed by atoms with Crippen molar-refractivity contribution in [1.29, 1.82) is 0 Å². The molecule has 0 unspecified atom stereocenters. The lowest BCUT2D eigenvalue weighted by Gasteiger charge is -2.04. The van der Waals surface area contributed by atoms with E-state index in [1.807, 2.05) is 0 Å². The lowest BCUT2D eigenvalue weighted by Crippen LogP contribution is -2.16. The molecule has 1 heterocycles. The molecule has 1 aromatic carbocycles. The first-order valence-electron chi connectivity index (χ1n) is 7.47. The number of carbonyl (C=O) groups is 1. The number of nitrogens with zero attached hydrogens (tertiary/aromatic N) is 4. The zero-order valence-electron chi connectivity index (χ0n) is 13.9. The van der Waals surface area contributed by atoms with E-state index in [2.05, 4.69) is 15.1 Å². The highest BCUT2D eigenvalue weighted by Gasteiger charge is 2.34. The van der Waals surface area contributed by atoms with E-state index in [0.717, 1.165) is 10.7 Å². The van der Waals surface area contributed by atoms with Crippen molar-refractivity contribution in [3.05, 3.63) is 57.4 Å². The van der Waals surface area contributed by atoms with Crippen molar-refractivity contribution in [2.45, 2.75) is 26.1 Å². The Morgan fingerprint density at radius 3 is 2.52 bits per heavy atom. The van der Waals surface area contributed by atoms with Crippen LogP contribution in [-0.4, -0.2) is 26.5 Å². The number of carbonyl (C=O) groups excluding carboxylic acids is 1. The number of aryl methyl sites for hydroxylation is 2. The van der Waals surface area contributed by atoms with Crippen LogP contribution in [0.25, 0.3) is 0 Å². The molecule has 2 aromatic rings. The summed E-state index contributed by atoms with van der Waals surface area (Å²) in [6.07, 6.45) is -4.85. The van der Waals surface area contributed by atoms with Crippen molar-refractivity contribution in [2.24, 2.45) is 10.9 Å². The van der Waals surface area contributed by atoms with E-state index in [0.29, 0.717) is 5.56 Å². The van der Waals surface area contributed by atoms with Crippen LogP contribution in [0.3, 0.4) is 0 Å². The van der Waals surface area contributed by atoms with Crippen LogP contribution >= 0.6 is 0 Å². The van der Waals surface area contributed by atoms with Gasteiger partial charge in [0.05, 0.1) is 17.9 Å². The van der Waals surface area contributed by atoms with Gasteiger partial charge in [-0.1, -0.05) is 5.16 Å². The van der Waals surface area contributed by atoms with Gasteiger partial charge < -0.3 is 10.6 Å². The fraction of sp³-hybridized carbons (Fsp3) is 0.267. The molecule has 0 bridgehead atoms. The number of alkyl halides is 3. The highest BCUT2D eigenvalue weighted by molar-refractivity contribution is 5.97. The first-order chi connectivity index (χ1) is 12.6. The molecule has 144 valence electrons. The Balaban J connectivity index is 1.93. The third kappa shape index (κ3) is 5.26. The zero-order valence-corrected chi connectivity index (χ0v) is 13.9. The van der Waals surface area contributed by atoms with Crippen molar-refractivity contribution in [3.63, 3.8) is 0 Å². The van der Waals surface area contributed by atoms with Crippen LogP contribution in [0.2, 0.25) is 0 Å². The monoisotopic (exact) mass is 385 g/mol. The molecule has 0 atom stereocenters. The van der Waals surface area contributed by atoms with E-state index in [1.165, 1.54) is 31.2 Å². The van der Waals surface area contributed by atoms with E-state index < -0.39 is 22.8 Å². The van der Waals surface area contributed by atoms with Crippen LogP contribution in [0, 0.1) is 17.0 Å². The van der Waals surface area contributed by atoms with Gasteiger partial charge in [-0.3, -0.25) is 14.8 Å². The van der Waals surface area contributed by atoms with Gasteiger partial charge in [0.1, 0.15) is 0 Å². The number of hydrogen-bond donors (Lipinski definition) is 1. The summed E-state index contributed by atoms with van der Waals surface area (Å²) in [6, 6.07) is 5.94. The summed E-state index contributed by atoms with van der Waals surface area (Å²) in [6.45, 7) is 1.30. The van der Waals surface area contributed by atoms with E-state index in [1.54, 1.807) is 0 Å². The second kappa shape index (κ2) is 7.85. The molecule has 0 aliphatic heterocycles. The number of amidine groups is 1. The molecule has 12 heteroatoms. The van der Waals surface area contributed by atoms with Gasteiger partial charge in [-0.2, -0.15) is 18.3 Å². The zero-order chi connectivity index (χ0) is 20.2. The molecule has 1 aromatic heterocycles. The van der Waals surface area contributed by atoms with Crippen LogP contribution < -0.4 is 5.73 Å². The van der Waals surface area contributed by atoms with Crippen molar-refractivity contribution in [3.8, 4) is 0 Å². The van der Waals surface area contributed by atoms with Crippen LogP contribution in [0.1, 0.15) is 23.4 Å². The van der Waals surface area contributed by atoms with Crippen molar-refractivity contribution < 1.29 is 27.7 Å². The summed E-state index contributed by atoms with van der Waals surface area (Å²) in [5.74, 6) is -1.02. The molecular formula is C15H14F3N5O4. The molecule has 0 saturated carbocycles. The maximum Gasteiger partial charge on any atom is 0.435 e. The maximum absolute atomic E-state index is 12.6. The van der Waals surface area contributed by atoms with E-state index >= 15 is 0 Å². The summed E-state index contributed by atoms with van der Waals surface area (Å²) in [7, 11) is 0. The van der Waals surface area contributed by atoms with Gasteiger partial charge in [-0.25, -0.2) is 4.79 Å². The average molecular weight is 385 g/mol. The second-order valence-corrected chi connectivity index (χ2v) is 5.39. The minimum atomic E-state index is -4.57.